The fourth-order valence-electron chi connectivity index (χ4n) is 2.09. The summed E-state index contributed by atoms with van der Waals surface area (Å²) < 4.78 is 5.49. The van der Waals surface area contributed by atoms with E-state index in [-0.39, 0.29) is 22.6 Å². The summed E-state index contributed by atoms with van der Waals surface area (Å²) in [7, 11) is 0. The van der Waals surface area contributed by atoms with Gasteiger partial charge in [-0.25, -0.2) is 0 Å². The van der Waals surface area contributed by atoms with E-state index in [0.717, 1.165) is 6.42 Å². The molecule has 0 aromatic heterocycles. The Hall–Kier alpha value is -1.63. The lowest BCUT2D eigenvalue weighted by atomic mass is 10.1. The lowest BCUT2D eigenvalue weighted by molar-refractivity contribution is -0.126. The maximum absolute atomic E-state index is 12.0. The molecule has 0 unspecified atom stereocenters. The second kappa shape index (κ2) is 6.21. The van der Waals surface area contributed by atoms with E-state index in [9.17, 15) is 9.59 Å². The van der Waals surface area contributed by atoms with Crippen LogP contribution in [0.4, 0.5) is 5.69 Å². The van der Waals surface area contributed by atoms with Crippen LogP contribution in [0.25, 0.3) is 0 Å². The van der Waals surface area contributed by atoms with E-state index < -0.39 is 12.0 Å². The van der Waals surface area contributed by atoms with Gasteiger partial charge < -0.3 is 21.5 Å². The van der Waals surface area contributed by atoms with E-state index in [1.807, 2.05) is 0 Å². The molecular weight excluding hydrogens is 282 g/mol. The van der Waals surface area contributed by atoms with Crippen LogP contribution in [0.15, 0.2) is 18.2 Å². The molecule has 1 heterocycles. The van der Waals surface area contributed by atoms with E-state index in [2.05, 4.69) is 5.32 Å². The van der Waals surface area contributed by atoms with Crippen LogP contribution >= 0.6 is 11.6 Å². The molecule has 0 bridgehead atoms. The van der Waals surface area contributed by atoms with Crippen molar-refractivity contribution in [3.05, 3.63) is 28.8 Å². The fraction of sp³-hybridized carbons (Fsp3) is 0.385. The van der Waals surface area contributed by atoms with Gasteiger partial charge in [0, 0.05) is 12.2 Å². The number of nitrogens with two attached hydrogens (primary N) is 2. The summed E-state index contributed by atoms with van der Waals surface area (Å²) in [4.78, 5) is 23.2. The first kappa shape index (κ1) is 14.8. The summed E-state index contributed by atoms with van der Waals surface area (Å²) in [5.41, 5.74) is 11.3. The maximum Gasteiger partial charge on any atom is 0.253 e. The van der Waals surface area contributed by atoms with Gasteiger partial charge in [0.25, 0.3) is 5.91 Å². The molecule has 108 valence electrons. The molecule has 0 saturated carbocycles. The predicted molar refractivity (Wildman–Crippen MR) is 75.5 cm³/mol. The van der Waals surface area contributed by atoms with Crippen LogP contribution in [0, 0.1) is 0 Å². The molecule has 6 nitrogen and oxygen atoms in total. The van der Waals surface area contributed by atoms with E-state index in [1.54, 1.807) is 6.07 Å². The molecule has 1 aliphatic heterocycles. The normalized spacial score (nSPS) is 21.7. The molecular formula is C13H16ClN3O3. The second-order valence-electron chi connectivity index (χ2n) is 4.61. The van der Waals surface area contributed by atoms with E-state index in [0.29, 0.717) is 18.7 Å². The molecule has 0 spiro atoms. The van der Waals surface area contributed by atoms with Crippen LogP contribution < -0.4 is 16.8 Å². The summed E-state index contributed by atoms with van der Waals surface area (Å²) in [6, 6.07) is 4.55. The highest BCUT2D eigenvalue weighted by molar-refractivity contribution is 6.34. The average Bonchev–Trinajstić information content (AvgIpc) is 2.89. The van der Waals surface area contributed by atoms with Gasteiger partial charge in [-0.3, -0.25) is 9.59 Å². The number of halogens is 1. The standard InChI is InChI=1S/C13H16ClN3O3/c14-10-3-1-7(5-9(10)12(16)18)17-13(19)11-4-2-8(6-15)20-11/h1,3,5,8,11H,2,4,6,15H2,(H2,16,18)(H,17,19)/t8-,11+/m1/s1. The molecule has 0 radical (unpaired) electrons. The zero-order valence-corrected chi connectivity index (χ0v) is 11.5. The molecule has 20 heavy (non-hydrogen) atoms. The van der Waals surface area contributed by atoms with Crippen LogP contribution in [-0.4, -0.2) is 30.6 Å². The summed E-state index contributed by atoms with van der Waals surface area (Å²) in [5.74, 6) is -0.912. The van der Waals surface area contributed by atoms with Gasteiger partial charge in [0.15, 0.2) is 0 Å². The number of hydrogen-bond donors (Lipinski definition) is 3. The van der Waals surface area contributed by atoms with Gasteiger partial charge in [-0.15, -0.1) is 0 Å². The second-order valence-corrected chi connectivity index (χ2v) is 5.02. The van der Waals surface area contributed by atoms with Crippen molar-refractivity contribution in [1.82, 2.24) is 0 Å². The zero-order chi connectivity index (χ0) is 14.7. The molecule has 0 aliphatic carbocycles. The van der Waals surface area contributed by atoms with Crippen molar-refractivity contribution in [3.8, 4) is 0 Å². The molecule has 1 aliphatic rings. The predicted octanol–water partition coefficient (Wildman–Crippen LogP) is 0.884. The Morgan fingerprint density at radius 3 is 2.75 bits per heavy atom. The van der Waals surface area contributed by atoms with Crippen LogP contribution in [-0.2, 0) is 9.53 Å². The smallest absolute Gasteiger partial charge is 0.253 e. The third-order valence-electron chi connectivity index (χ3n) is 3.16. The number of carbonyl (C=O) groups excluding carboxylic acids is 2. The molecule has 7 heteroatoms. The minimum absolute atomic E-state index is 0.0721. The van der Waals surface area contributed by atoms with E-state index in [4.69, 9.17) is 27.8 Å². The number of carbonyl (C=O) groups is 2. The SMILES string of the molecule is NC[C@H]1CC[C@@H](C(=O)Nc2ccc(Cl)c(C(N)=O)c2)O1. The monoisotopic (exact) mass is 297 g/mol. The van der Waals surface area contributed by atoms with Gasteiger partial charge in [-0.1, -0.05) is 11.6 Å². The maximum atomic E-state index is 12.0. The lowest BCUT2D eigenvalue weighted by Crippen LogP contribution is -2.29. The molecule has 5 N–H and O–H groups in total. The van der Waals surface area contributed by atoms with Crippen molar-refractivity contribution in [2.75, 3.05) is 11.9 Å². The van der Waals surface area contributed by atoms with Crippen molar-refractivity contribution in [2.24, 2.45) is 11.5 Å². The summed E-state index contributed by atoms with van der Waals surface area (Å²) in [5, 5.41) is 2.93. The number of nitrogens with one attached hydrogen (secondary N) is 1. The van der Waals surface area contributed by atoms with Crippen molar-refractivity contribution in [2.45, 2.75) is 25.0 Å². The quantitative estimate of drug-likeness (QED) is 0.767. The average molecular weight is 298 g/mol. The number of anilines is 1. The van der Waals surface area contributed by atoms with Gasteiger partial charge in [-0.2, -0.15) is 0 Å². The number of hydrogen-bond acceptors (Lipinski definition) is 4. The first-order valence-corrected chi connectivity index (χ1v) is 6.64. The topological polar surface area (TPSA) is 107 Å². The minimum Gasteiger partial charge on any atom is -0.366 e. The Morgan fingerprint density at radius 1 is 1.40 bits per heavy atom. The van der Waals surface area contributed by atoms with Crippen molar-refractivity contribution >= 4 is 29.1 Å². The van der Waals surface area contributed by atoms with Crippen LogP contribution in [0.3, 0.4) is 0 Å². The van der Waals surface area contributed by atoms with E-state index >= 15 is 0 Å². The van der Waals surface area contributed by atoms with Crippen molar-refractivity contribution in [3.63, 3.8) is 0 Å². The highest BCUT2D eigenvalue weighted by Gasteiger charge is 2.29. The Balaban J connectivity index is 2.05. The Kier molecular flexibility index (Phi) is 4.59. The number of ether oxygens (including phenoxy) is 1. The summed E-state index contributed by atoms with van der Waals surface area (Å²) in [6.45, 7) is 0.399. The summed E-state index contributed by atoms with van der Waals surface area (Å²) in [6.07, 6.45) is 0.805. The number of benzene rings is 1. The lowest BCUT2D eigenvalue weighted by Gasteiger charge is -2.13. The summed E-state index contributed by atoms with van der Waals surface area (Å²) >= 11 is 5.84. The molecule has 1 fully saturated rings. The number of primary amides is 1. The molecule has 2 atom stereocenters. The van der Waals surface area contributed by atoms with Gasteiger partial charge in [0.05, 0.1) is 16.7 Å². The van der Waals surface area contributed by atoms with Gasteiger partial charge in [0.2, 0.25) is 5.91 Å². The van der Waals surface area contributed by atoms with Crippen LogP contribution in [0.5, 0.6) is 0 Å². The van der Waals surface area contributed by atoms with Crippen molar-refractivity contribution < 1.29 is 14.3 Å². The van der Waals surface area contributed by atoms with Crippen molar-refractivity contribution in [1.29, 1.82) is 0 Å². The fourth-order valence-corrected chi connectivity index (χ4v) is 2.30. The van der Waals surface area contributed by atoms with Crippen LogP contribution in [0.1, 0.15) is 23.2 Å². The van der Waals surface area contributed by atoms with Gasteiger partial charge in [-0.05, 0) is 31.0 Å². The first-order valence-electron chi connectivity index (χ1n) is 6.27. The van der Waals surface area contributed by atoms with E-state index in [1.165, 1.54) is 12.1 Å². The van der Waals surface area contributed by atoms with Gasteiger partial charge >= 0.3 is 0 Å². The highest BCUT2D eigenvalue weighted by Crippen LogP contribution is 2.23. The van der Waals surface area contributed by atoms with Gasteiger partial charge in [0.1, 0.15) is 6.10 Å². The Labute approximate surface area is 121 Å². The molecule has 1 aromatic rings. The number of amides is 2. The molecule has 1 aromatic carbocycles. The first-order chi connectivity index (χ1) is 9.51. The Morgan fingerprint density at radius 2 is 2.15 bits per heavy atom. The minimum atomic E-state index is -0.647. The third kappa shape index (κ3) is 3.27. The molecule has 2 amide bonds. The molecule has 1 saturated heterocycles. The van der Waals surface area contributed by atoms with Crippen LogP contribution in [0.2, 0.25) is 5.02 Å². The largest absolute Gasteiger partial charge is 0.366 e. The Bertz CT molecular complexity index is 536. The molecule has 2 rings (SSSR count). The zero-order valence-electron chi connectivity index (χ0n) is 10.8. The third-order valence-corrected chi connectivity index (χ3v) is 3.49. The highest BCUT2D eigenvalue weighted by atomic mass is 35.5. The number of rotatable bonds is 4.